The van der Waals surface area contributed by atoms with Crippen LogP contribution < -0.4 is 9.47 Å². The summed E-state index contributed by atoms with van der Waals surface area (Å²) in [5.41, 5.74) is 1.98. The van der Waals surface area contributed by atoms with E-state index in [-0.39, 0.29) is 11.9 Å². The molecule has 0 unspecified atom stereocenters. The van der Waals surface area contributed by atoms with Crippen molar-refractivity contribution >= 4 is 0 Å². The molecule has 4 aromatic rings. The molecular weight excluding hydrogens is 450 g/mol. The summed E-state index contributed by atoms with van der Waals surface area (Å²) < 4.78 is 64.5. The third-order valence-electron chi connectivity index (χ3n) is 5.16. The quantitative estimate of drug-likeness (QED) is 0.299. The first-order valence-corrected chi connectivity index (χ1v) is 10.4. The smallest absolute Gasteiger partial charge is 0.416 e. The van der Waals surface area contributed by atoms with Crippen LogP contribution in [0.2, 0.25) is 0 Å². The summed E-state index contributed by atoms with van der Waals surface area (Å²) in [7, 11) is 1.54. The Balaban J connectivity index is 1.43. The van der Waals surface area contributed by atoms with E-state index in [9.17, 15) is 17.6 Å². The van der Waals surface area contributed by atoms with Crippen molar-refractivity contribution < 1.29 is 27.0 Å². The lowest BCUT2D eigenvalue weighted by Gasteiger charge is -2.17. The van der Waals surface area contributed by atoms with Gasteiger partial charge in [0.25, 0.3) is 0 Å². The highest BCUT2D eigenvalue weighted by Crippen LogP contribution is 2.34. The van der Waals surface area contributed by atoms with Crippen LogP contribution in [0.3, 0.4) is 0 Å². The van der Waals surface area contributed by atoms with Gasteiger partial charge in [0.15, 0.2) is 11.5 Å². The van der Waals surface area contributed by atoms with Crippen LogP contribution in [0.4, 0.5) is 17.6 Å². The fourth-order valence-corrected chi connectivity index (χ4v) is 3.45. The van der Waals surface area contributed by atoms with E-state index in [1.165, 1.54) is 31.4 Å². The molecule has 0 radical (unpaired) electrons. The van der Waals surface area contributed by atoms with Crippen molar-refractivity contribution in [2.75, 3.05) is 7.11 Å². The molecule has 0 aliphatic rings. The van der Waals surface area contributed by atoms with Gasteiger partial charge in [-0.25, -0.2) is 9.07 Å². The molecule has 3 aromatic carbocycles. The van der Waals surface area contributed by atoms with Gasteiger partial charge in [0.1, 0.15) is 17.6 Å². The largest absolute Gasteiger partial charge is 0.493 e. The normalized spacial score (nSPS) is 12.4. The highest BCUT2D eigenvalue weighted by atomic mass is 19.4. The van der Waals surface area contributed by atoms with E-state index in [1.807, 2.05) is 19.1 Å². The van der Waals surface area contributed by atoms with Crippen molar-refractivity contribution in [1.29, 1.82) is 0 Å². The summed E-state index contributed by atoms with van der Waals surface area (Å²) >= 11 is 0. The third kappa shape index (κ3) is 5.36. The van der Waals surface area contributed by atoms with Gasteiger partial charge < -0.3 is 9.47 Å². The van der Waals surface area contributed by atoms with Crippen molar-refractivity contribution in [2.45, 2.75) is 25.7 Å². The minimum absolute atomic E-state index is 0.306. The lowest BCUT2D eigenvalue weighted by Crippen LogP contribution is -2.20. The highest BCUT2D eigenvalue weighted by molar-refractivity contribution is 5.67. The average Bonchev–Trinajstić information content (AvgIpc) is 3.27. The first-order chi connectivity index (χ1) is 16.2. The van der Waals surface area contributed by atoms with Gasteiger partial charge in [-0.15, -0.1) is 5.10 Å². The maximum atomic E-state index is 13.2. The van der Waals surface area contributed by atoms with E-state index in [0.717, 1.165) is 23.3 Å². The van der Waals surface area contributed by atoms with Crippen LogP contribution in [0.15, 0.2) is 72.9 Å². The Hall–Kier alpha value is -3.88. The van der Waals surface area contributed by atoms with Crippen LogP contribution in [0, 0.1) is 5.82 Å². The zero-order valence-electron chi connectivity index (χ0n) is 18.4. The fourth-order valence-electron chi connectivity index (χ4n) is 3.45. The lowest BCUT2D eigenvalue weighted by atomic mass is 10.1. The fraction of sp³-hybridized carbons (Fsp3) is 0.200. The number of rotatable bonds is 7. The molecule has 0 spiro atoms. The van der Waals surface area contributed by atoms with E-state index in [0.29, 0.717) is 29.3 Å². The number of ether oxygens (including phenoxy) is 2. The second-order valence-electron chi connectivity index (χ2n) is 7.70. The maximum absolute atomic E-state index is 13.2. The van der Waals surface area contributed by atoms with E-state index in [1.54, 1.807) is 29.1 Å². The molecule has 0 fully saturated rings. The van der Waals surface area contributed by atoms with Gasteiger partial charge in [-0.2, -0.15) is 13.2 Å². The number of halogens is 4. The van der Waals surface area contributed by atoms with Crippen LogP contribution in [-0.4, -0.2) is 28.2 Å². The number of methoxy groups -OCH3 is 1. The molecule has 34 heavy (non-hydrogen) atoms. The lowest BCUT2D eigenvalue weighted by molar-refractivity contribution is -0.137. The molecular formula is C25H21F4N3O2. The Kier molecular flexibility index (Phi) is 6.54. The van der Waals surface area contributed by atoms with Gasteiger partial charge >= 0.3 is 6.18 Å². The van der Waals surface area contributed by atoms with E-state index in [4.69, 9.17) is 9.47 Å². The minimum atomic E-state index is -4.39. The monoisotopic (exact) mass is 471 g/mol. The highest BCUT2D eigenvalue weighted by Gasteiger charge is 2.30. The molecule has 0 saturated heterocycles. The van der Waals surface area contributed by atoms with Crippen molar-refractivity contribution in [3.05, 3.63) is 84.3 Å². The number of nitrogens with zero attached hydrogens (tertiary/aromatic N) is 3. The van der Waals surface area contributed by atoms with Gasteiger partial charge in [0.2, 0.25) is 0 Å². The second kappa shape index (κ2) is 9.54. The Morgan fingerprint density at radius 1 is 0.882 bits per heavy atom. The zero-order valence-corrected chi connectivity index (χ0v) is 18.4. The molecule has 9 heteroatoms. The zero-order chi connectivity index (χ0) is 24.3. The number of hydrogen-bond donors (Lipinski definition) is 0. The molecule has 5 nitrogen and oxygen atoms in total. The van der Waals surface area contributed by atoms with E-state index in [2.05, 4.69) is 10.3 Å². The first-order valence-electron chi connectivity index (χ1n) is 10.4. The molecule has 1 aromatic heterocycles. The van der Waals surface area contributed by atoms with Crippen molar-refractivity contribution in [3.8, 4) is 33.9 Å². The number of aromatic nitrogens is 3. The maximum Gasteiger partial charge on any atom is 0.416 e. The summed E-state index contributed by atoms with van der Waals surface area (Å²) in [4.78, 5) is 0. The molecule has 0 aliphatic heterocycles. The summed E-state index contributed by atoms with van der Waals surface area (Å²) in [5, 5.41) is 8.10. The number of benzene rings is 3. The van der Waals surface area contributed by atoms with Gasteiger partial charge in [0.05, 0.1) is 25.4 Å². The summed E-state index contributed by atoms with van der Waals surface area (Å²) in [6.07, 6.45) is -3.05. The second-order valence-corrected chi connectivity index (χ2v) is 7.70. The van der Waals surface area contributed by atoms with Crippen LogP contribution in [-0.2, 0) is 12.7 Å². The molecule has 4 rings (SSSR count). The summed E-state index contributed by atoms with van der Waals surface area (Å²) in [6.45, 7) is 2.21. The summed E-state index contributed by atoms with van der Waals surface area (Å²) in [5.74, 6) is 0.751. The van der Waals surface area contributed by atoms with Crippen molar-refractivity contribution in [3.63, 3.8) is 0 Å². The molecule has 1 heterocycles. The number of alkyl halides is 3. The van der Waals surface area contributed by atoms with Crippen LogP contribution in [0.5, 0.6) is 11.5 Å². The summed E-state index contributed by atoms with van der Waals surface area (Å²) in [6, 6.07) is 16.4. The molecule has 0 bridgehead atoms. The SMILES string of the molecule is COc1cc(-c2ccc(F)cc2)ccc1O[C@H](C)Cn1cc(-c2ccc(C(F)(F)F)cc2)nn1. The van der Waals surface area contributed by atoms with Crippen molar-refractivity contribution in [2.24, 2.45) is 0 Å². The predicted molar refractivity (Wildman–Crippen MR) is 119 cm³/mol. The predicted octanol–water partition coefficient (Wildman–Crippen LogP) is 6.25. The molecule has 176 valence electrons. The number of hydrogen-bond acceptors (Lipinski definition) is 4. The Bertz CT molecular complexity index is 1250. The van der Waals surface area contributed by atoms with Crippen LogP contribution in [0.25, 0.3) is 22.4 Å². The van der Waals surface area contributed by atoms with Crippen LogP contribution in [0.1, 0.15) is 12.5 Å². The van der Waals surface area contributed by atoms with Crippen LogP contribution >= 0.6 is 0 Å². The third-order valence-corrected chi connectivity index (χ3v) is 5.16. The average molecular weight is 471 g/mol. The Morgan fingerprint density at radius 2 is 1.53 bits per heavy atom. The van der Waals surface area contributed by atoms with Gasteiger partial charge in [-0.3, -0.25) is 0 Å². The molecule has 0 amide bonds. The Labute approximate surface area is 193 Å². The molecule has 0 N–H and O–H groups in total. The Morgan fingerprint density at radius 3 is 2.18 bits per heavy atom. The van der Waals surface area contributed by atoms with Gasteiger partial charge in [-0.1, -0.05) is 35.5 Å². The van der Waals surface area contributed by atoms with Crippen molar-refractivity contribution in [1.82, 2.24) is 15.0 Å². The van der Waals surface area contributed by atoms with E-state index < -0.39 is 11.7 Å². The molecule has 1 atom stereocenters. The first kappa shape index (κ1) is 23.3. The topological polar surface area (TPSA) is 49.2 Å². The van der Waals surface area contributed by atoms with Gasteiger partial charge in [-0.05, 0) is 54.4 Å². The van der Waals surface area contributed by atoms with Gasteiger partial charge in [0, 0.05) is 5.56 Å². The minimum Gasteiger partial charge on any atom is -0.493 e. The van der Waals surface area contributed by atoms with E-state index >= 15 is 0 Å². The standard InChI is InChI=1S/C25H21F4N3O2/c1-16(14-32-15-22(30-31-32)18-3-8-20(9-4-18)25(27,28)29)34-23-12-7-19(13-24(23)33-2)17-5-10-21(26)11-6-17/h3-13,15-16H,14H2,1-2H3/t16-/m1/s1. The molecule has 0 saturated carbocycles. The molecule has 0 aliphatic carbocycles.